The summed E-state index contributed by atoms with van der Waals surface area (Å²) in [7, 11) is 0. The molecule has 0 bridgehead atoms. The molecule has 4 rings (SSSR count). The second kappa shape index (κ2) is 6.02. The first kappa shape index (κ1) is 17.4. The van der Waals surface area contributed by atoms with E-state index < -0.39 is 36.0 Å². The maximum Gasteiger partial charge on any atom is 0.348 e. The van der Waals surface area contributed by atoms with Crippen LogP contribution in [0.5, 0.6) is 0 Å². The first-order chi connectivity index (χ1) is 12.3. The lowest BCUT2D eigenvalue weighted by Crippen LogP contribution is -2.42. The normalized spacial score (nSPS) is 29.8. The third kappa shape index (κ3) is 2.69. The van der Waals surface area contributed by atoms with E-state index in [9.17, 15) is 9.59 Å². The lowest BCUT2D eigenvalue weighted by molar-refractivity contribution is -0.197. The molecular formula is C15H18ClN5O5. The lowest BCUT2D eigenvalue weighted by atomic mass is 10.1. The molecule has 0 spiro atoms. The standard InChI is InChI=1S/C15H18ClN5O5/c1-4-17-12(22)8-7-9(26-15(2,3)25-7)13(24-8)21-5-18-6-10(16)19-14(23)20-11(6)21/h5,7-9,13H,4H2,1-3H3,(H,17,22)(H,19,20,23)/t7-,8+,9-,13-/m1/s1. The highest BCUT2D eigenvalue weighted by Crippen LogP contribution is 2.43. The third-order valence-electron chi connectivity index (χ3n) is 4.31. The molecule has 1 amide bonds. The number of carbonyl (C=O) groups excluding carboxylic acids is 1. The van der Waals surface area contributed by atoms with E-state index in [-0.39, 0.29) is 16.7 Å². The number of aromatic amines is 1. The molecule has 0 radical (unpaired) electrons. The Kier molecular flexibility index (Phi) is 4.03. The molecular weight excluding hydrogens is 366 g/mol. The fraction of sp³-hybridized carbons (Fsp3) is 0.600. The van der Waals surface area contributed by atoms with Crippen LogP contribution in [0.25, 0.3) is 11.2 Å². The smallest absolute Gasteiger partial charge is 0.348 e. The van der Waals surface area contributed by atoms with Crippen molar-refractivity contribution in [3.05, 3.63) is 22.0 Å². The van der Waals surface area contributed by atoms with Crippen LogP contribution in [0.15, 0.2) is 11.1 Å². The van der Waals surface area contributed by atoms with Crippen LogP contribution in [0.4, 0.5) is 0 Å². The fourth-order valence-electron chi connectivity index (χ4n) is 3.37. The SMILES string of the molecule is CCNC(=O)[C@H]1O[C@@H](n2cnc3c(Cl)[nH]c(=O)nc32)[C@@H]2OC(C)(C)O[C@@H]21. The predicted octanol–water partition coefficient (Wildman–Crippen LogP) is 0.327. The number of nitrogens with one attached hydrogen (secondary N) is 2. The first-order valence-corrected chi connectivity index (χ1v) is 8.59. The molecule has 11 heteroatoms. The molecule has 0 aromatic carbocycles. The van der Waals surface area contributed by atoms with Crippen molar-refractivity contribution in [3.8, 4) is 0 Å². The molecule has 0 aliphatic carbocycles. The third-order valence-corrected chi connectivity index (χ3v) is 4.59. The Morgan fingerprint density at radius 2 is 2.15 bits per heavy atom. The van der Waals surface area contributed by atoms with Crippen LogP contribution in [0.2, 0.25) is 5.15 Å². The molecule has 10 nitrogen and oxygen atoms in total. The summed E-state index contributed by atoms with van der Waals surface area (Å²) in [5, 5.41) is 2.81. The Bertz CT molecular complexity index is 925. The molecule has 0 unspecified atom stereocenters. The predicted molar refractivity (Wildman–Crippen MR) is 89.6 cm³/mol. The van der Waals surface area contributed by atoms with Gasteiger partial charge in [-0.2, -0.15) is 4.98 Å². The summed E-state index contributed by atoms with van der Waals surface area (Å²) in [6.07, 6.45) is -1.33. The number of aromatic nitrogens is 4. The number of fused-ring (bicyclic) bond motifs is 2. The van der Waals surface area contributed by atoms with Crippen LogP contribution < -0.4 is 11.0 Å². The number of rotatable bonds is 3. The van der Waals surface area contributed by atoms with Crippen molar-refractivity contribution in [1.29, 1.82) is 0 Å². The van der Waals surface area contributed by atoms with Crippen LogP contribution in [0, 0.1) is 0 Å². The van der Waals surface area contributed by atoms with Gasteiger partial charge in [0.25, 0.3) is 5.91 Å². The van der Waals surface area contributed by atoms with Gasteiger partial charge in [0.2, 0.25) is 0 Å². The average Bonchev–Trinajstić information content (AvgIpc) is 3.18. The topological polar surface area (TPSA) is 120 Å². The Hall–Kier alpha value is -2.01. The van der Waals surface area contributed by atoms with Gasteiger partial charge in [-0.3, -0.25) is 14.3 Å². The average molecular weight is 384 g/mol. The van der Waals surface area contributed by atoms with E-state index in [4.69, 9.17) is 25.8 Å². The highest BCUT2D eigenvalue weighted by molar-refractivity contribution is 6.33. The van der Waals surface area contributed by atoms with E-state index in [0.29, 0.717) is 12.1 Å². The number of hydrogen-bond acceptors (Lipinski definition) is 7. The molecule has 2 aromatic rings. The maximum atomic E-state index is 12.4. The minimum atomic E-state index is -0.874. The number of ether oxygens (including phenoxy) is 3. The summed E-state index contributed by atoms with van der Waals surface area (Å²) in [5.74, 6) is -1.17. The monoisotopic (exact) mass is 383 g/mol. The van der Waals surface area contributed by atoms with Crippen molar-refractivity contribution in [1.82, 2.24) is 24.8 Å². The number of hydrogen-bond donors (Lipinski definition) is 2. The first-order valence-electron chi connectivity index (χ1n) is 8.22. The highest BCUT2D eigenvalue weighted by atomic mass is 35.5. The van der Waals surface area contributed by atoms with E-state index in [0.717, 1.165) is 0 Å². The van der Waals surface area contributed by atoms with Gasteiger partial charge in [-0.15, -0.1) is 0 Å². The van der Waals surface area contributed by atoms with E-state index in [1.165, 1.54) is 10.9 Å². The minimum absolute atomic E-state index is 0.0810. The van der Waals surface area contributed by atoms with Gasteiger partial charge >= 0.3 is 5.69 Å². The summed E-state index contributed by atoms with van der Waals surface area (Å²) in [4.78, 5) is 34.6. The van der Waals surface area contributed by atoms with Gasteiger partial charge in [-0.05, 0) is 20.8 Å². The van der Waals surface area contributed by atoms with Crippen LogP contribution in [-0.2, 0) is 19.0 Å². The molecule has 140 valence electrons. The molecule has 26 heavy (non-hydrogen) atoms. The van der Waals surface area contributed by atoms with Gasteiger partial charge in [0.05, 0.1) is 6.33 Å². The zero-order valence-corrected chi connectivity index (χ0v) is 15.1. The maximum absolute atomic E-state index is 12.4. The Balaban J connectivity index is 1.77. The number of carbonyl (C=O) groups is 1. The number of likely N-dealkylation sites (N-methyl/N-ethyl adjacent to an activating group) is 1. The van der Waals surface area contributed by atoms with E-state index in [1.54, 1.807) is 13.8 Å². The molecule has 0 saturated carbocycles. The summed E-state index contributed by atoms with van der Waals surface area (Å²) >= 11 is 6.03. The van der Waals surface area contributed by atoms with Crippen LogP contribution in [0.3, 0.4) is 0 Å². The largest absolute Gasteiger partial charge is 0.354 e. The van der Waals surface area contributed by atoms with Gasteiger partial charge in [-0.1, -0.05) is 11.6 Å². The number of H-pyrrole nitrogens is 1. The van der Waals surface area contributed by atoms with Crippen LogP contribution in [0.1, 0.15) is 27.0 Å². The molecule has 4 atom stereocenters. The Morgan fingerprint density at radius 3 is 2.88 bits per heavy atom. The Morgan fingerprint density at radius 1 is 1.42 bits per heavy atom. The van der Waals surface area contributed by atoms with E-state index in [1.807, 2.05) is 6.92 Å². The van der Waals surface area contributed by atoms with Gasteiger partial charge in [0.15, 0.2) is 23.8 Å². The number of amides is 1. The molecule has 2 fully saturated rings. The van der Waals surface area contributed by atoms with Crippen molar-refractivity contribution in [2.24, 2.45) is 0 Å². The molecule has 2 aliphatic rings. The molecule has 2 aromatic heterocycles. The zero-order chi connectivity index (χ0) is 18.6. The second-order valence-electron chi connectivity index (χ2n) is 6.59. The van der Waals surface area contributed by atoms with Crippen LogP contribution >= 0.6 is 11.6 Å². The zero-order valence-electron chi connectivity index (χ0n) is 14.4. The summed E-state index contributed by atoms with van der Waals surface area (Å²) in [6, 6.07) is 0. The quantitative estimate of drug-likeness (QED) is 0.732. The molecule has 2 N–H and O–H groups in total. The van der Waals surface area contributed by atoms with Gasteiger partial charge in [0, 0.05) is 6.54 Å². The summed E-state index contributed by atoms with van der Waals surface area (Å²) in [6.45, 7) is 5.82. The summed E-state index contributed by atoms with van der Waals surface area (Å²) in [5.41, 5.74) is -0.0404. The van der Waals surface area contributed by atoms with Crippen molar-refractivity contribution < 1.29 is 19.0 Å². The van der Waals surface area contributed by atoms with E-state index >= 15 is 0 Å². The summed E-state index contributed by atoms with van der Waals surface area (Å²) < 4.78 is 19.3. The van der Waals surface area contributed by atoms with E-state index in [2.05, 4.69) is 20.3 Å². The van der Waals surface area contributed by atoms with Crippen molar-refractivity contribution in [3.63, 3.8) is 0 Å². The molecule has 2 aliphatic heterocycles. The van der Waals surface area contributed by atoms with Crippen molar-refractivity contribution in [2.45, 2.75) is 51.1 Å². The second-order valence-corrected chi connectivity index (χ2v) is 6.96. The minimum Gasteiger partial charge on any atom is -0.354 e. The van der Waals surface area contributed by atoms with Gasteiger partial charge < -0.3 is 19.5 Å². The number of imidazole rings is 1. The fourth-order valence-corrected chi connectivity index (χ4v) is 3.58. The van der Waals surface area contributed by atoms with Crippen LogP contribution in [-0.4, -0.2) is 56.1 Å². The van der Waals surface area contributed by atoms with Gasteiger partial charge in [0.1, 0.15) is 22.9 Å². The molecule has 4 heterocycles. The Labute approximate surface area is 152 Å². The number of halogens is 1. The number of nitrogens with zero attached hydrogens (tertiary/aromatic N) is 3. The molecule has 2 saturated heterocycles. The highest BCUT2D eigenvalue weighted by Gasteiger charge is 2.58. The van der Waals surface area contributed by atoms with Crippen molar-refractivity contribution in [2.75, 3.05) is 6.54 Å². The van der Waals surface area contributed by atoms with Crippen molar-refractivity contribution >= 4 is 28.7 Å². The van der Waals surface area contributed by atoms with Gasteiger partial charge in [-0.25, -0.2) is 9.78 Å². The lowest BCUT2D eigenvalue weighted by Gasteiger charge is -2.24.